The average molecular weight is 447 g/mol. The Bertz CT molecular complexity index is 1470. The van der Waals surface area contributed by atoms with Crippen molar-refractivity contribution in [1.29, 1.82) is 5.26 Å². The molecule has 0 spiro atoms. The van der Waals surface area contributed by atoms with Crippen LogP contribution in [-0.4, -0.2) is 20.9 Å². The smallest absolute Gasteiger partial charge is 0.263 e. The van der Waals surface area contributed by atoms with Gasteiger partial charge >= 0.3 is 0 Å². The maximum atomic E-state index is 14.1. The van der Waals surface area contributed by atoms with Crippen LogP contribution in [0.2, 0.25) is 0 Å². The fourth-order valence-corrected chi connectivity index (χ4v) is 3.72. The number of hydrogen-bond acceptors (Lipinski definition) is 7. The number of nitrogen functional groups attached to an aromatic ring is 2. The van der Waals surface area contributed by atoms with Crippen molar-refractivity contribution in [3.63, 3.8) is 0 Å². The fourth-order valence-electron chi connectivity index (χ4n) is 3.72. The molecular formula is C23H19F2N7O. The van der Waals surface area contributed by atoms with Crippen LogP contribution in [0.15, 0.2) is 47.4 Å². The van der Waals surface area contributed by atoms with Gasteiger partial charge in [-0.2, -0.15) is 15.2 Å². The molecule has 5 N–H and O–H groups in total. The summed E-state index contributed by atoms with van der Waals surface area (Å²) in [6.45, 7) is 1.97. The topological polar surface area (TPSA) is 135 Å². The Labute approximate surface area is 187 Å². The maximum absolute atomic E-state index is 14.1. The van der Waals surface area contributed by atoms with Crippen LogP contribution < -0.4 is 22.3 Å². The molecule has 0 fully saturated rings. The molecule has 0 aliphatic heterocycles. The highest BCUT2D eigenvalue weighted by atomic mass is 19.1. The van der Waals surface area contributed by atoms with Gasteiger partial charge in [0, 0.05) is 18.3 Å². The first kappa shape index (κ1) is 21.7. The number of pyridine rings is 2. The molecule has 3 aromatic heterocycles. The fraction of sp³-hybridized carbons (Fsp3) is 0.130. The molecule has 0 bridgehead atoms. The summed E-state index contributed by atoms with van der Waals surface area (Å²) >= 11 is 0. The van der Waals surface area contributed by atoms with E-state index in [0.29, 0.717) is 28.6 Å². The van der Waals surface area contributed by atoms with Crippen molar-refractivity contribution in [3.05, 3.63) is 81.3 Å². The maximum Gasteiger partial charge on any atom is 0.263 e. The molecule has 0 atom stereocenters. The van der Waals surface area contributed by atoms with Crippen molar-refractivity contribution in [1.82, 2.24) is 14.4 Å². The Kier molecular flexibility index (Phi) is 5.62. The van der Waals surface area contributed by atoms with E-state index >= 15 is 0 Å². The van der Waals surface area contributed by atoms with Crippen molar-refractivity contribution in [2.75, 3.05) is 23.3 Å². The van der Waals surface area contributed by atoms with E-state index in [2.05, 4.69) is 15.3 Å². The van der Waals surface area contributed by atoms with Gasteiger partial charge in [-0.15, -0.1) is 0 Å². The van der Waals surface area contributed by atoms with Gasteiger partial charge in [-0.1, -0.05) is 6.07 Å². The molecule has 3 heterocycles. The SMILES string of the molecule is Cc1cc(F)cc(-c2c(CCNc3nc(N)nc(N)c3C#N)cc3ccc(F)cn3c2=O)c1. The number of nitriles is 1. The zero-order valence-corrected chi connectivity index (χ0v) is 17.6. The highest BCUT2D eigenvalue weighted by Crippen LogP contribution is 2.25. The number of benzene rings is 1. The second-order valence-electron chi connectivity index (χ2n) is 7.49. The number of rotatable bonds is 5. The molecule has 1 aromatic carbocycles. The summed E-state index contributed by atoms with van der Waals surface area (Å²) in [6.07, 6.45) is 1.41. The second-order valence-corrected chi connectivity index (χ2v) is 7.49. The largest absolute Gasteiger partial charge is 0.382 e. The molecule has 0 saturated heterocycles. The van der Waals surface area contributed by atoms with E-state index in [1.165, 1.54) is 28.7 Å². The van der Waals surface area contributed by atoms with E-state index < -0.39 is 17.2 Å². The van der Waals surface area contributed by atoms with Gasteiger partial charge in [0.05, 0.1) is 5.56 Å². The first-order chi connectivity index (χ1) is 15.8. The van der Waals surface area contributed by atoms with Crippen LogP contribution in [0.1, 0.15) is 16.7 Å². The van der Waals surface area contributed by atoms with E-state index in [9.17, 15) is 18.8 Å². The number of nitrogens with one attached hydrogen (secondary N) is 1. The van der Waals surface area contributed by atoms with Crippen molar-refractivity contribution >= 4 is 23.1 Å². The lowest BCUT2D eigenvalue weighted by atomic mass is 9.97. The van der Waals surface area contributed by atoms with Crippen LogP contribution >= 0.6 is 0 Å². The summed E-state index contributed by atoms with van der Waals surface area (Å²) in [5, 5.41) is 12.3. The summed E-state index contributed by atoms with van der Waals surface area (Å²) in [6, 6.07) is 10.7. The lowest BCUT2D eigenvalue weighted by molar-refractivity contribution is 0.618. The molecule has 0 aliphatic rings. The van der Waals surface area contributed by atoms with Crippen molar-refractivity contribution in [2.45, 2.75) is 13.3 Å². The third kappa shape index (κ3) is 4.29. The molecule has 0 aliphatic carbocycles. The van der Waals surface area contributed by atoms with Crippen LogP contribution in [0, 0.1) is 29.9 Å². The number of nitrogens with two attached hydrogens (primary N) is 2. The standard InChI is InChI=1S/C23H19F2N7O/c1-12-6-14(8-16(25)7-12)19-13(9-17-3-2-15(24)11-32(17)22(19)33)4-5-29-21-18(10-26)20(27)30-23(28)31-21/h2-3,6-9,11H,4-5H2,1H3,(H5,27,28,29,30,31). The molecule has 0 radical (unpaired) electrons. The Morgan fingerprint density at radius 3 is 2.64 bits per heavy atom. The molecule has 10 heteroatoms. The number of nitrogens with zero attached hydrogens (tertiary/aromatic N) is 4. The molecule has 8 nitrogen and oxygen atoms in total. The summed E-state index contributed by atoms with van der Waals surface area (Å²) in [7, 11) is 0. The third-order valence-electron chi connectivity index (χ3n) is 5.10. The van der Waals surface area contributed by atoms with E-state index in [4.69, 9.17) is 11.5 Å². The summed E-state index contributed by atoms with van der Waals surface area (Å²) in [5.74, 6) is -1.01. The van der Waals surface area contributed by atoms with Crippen molar-refractivity contribution in [3.8, 4) is 17.2 Å². The highest BCUT2D eigenvalue weighted by molar-refractivity contribution is 5.71. The van der Waals surface area contributed by atoms with E-state index in [-0.39, 0.29) is 35.3 Å². The van der Waals surface area contributed by atoms with Crippen LogP contribution in [0.4, 0.5) is 26.4 Å². The molecule has 0 amide bonds. The van der Waals surface area contributed by atoms with Gasteiger partial charge in [0.25, 0.3) is 5.56 Å². The molecule has 4 rings (SSSR count). The summed E-state index contributed by atoms with van der Waals surface area (Å²) in [5.41, 5.74) is 13.3. The third-order valence-corrected chi connectivity index (χ3v) is 5.10. The molecular weight excluding hydrogens is 428 g/mol. The summed E-state index contributed by atoms with van der Waals surface area (Å²) < 4.78 is 29.2. The van der Waals surface area contributed by atoms with Crippen molar-refractivity contribution < 1.29 is 8.78 Å². The van der Waals surface area contributed by atoms with E-state index in [1.807, 2.05) is 6.07 Å². The van der Waals surface area contributed by atoms with Gasteiger partial charge in [0.2, 0.25) is 5.95 Å². The van der Waals surface area contributed by atoms with E-state index in [0.717, 1.165) is 6.20 Å². The number of fused-ring (bicyclic) bond motifs is 1. The van der Waals surface area contributed by atoms with Gasteiger partial charge in [0.15, 0.2) is 5.82 Å². The van der Waals surface area contributed by atoms with Gasteiger partial charge in [-0.25, -0.2) is 8.78 Å². The molecule has 0 unspecified atom stereocenters. The minimum atomic E-state index is -0.566. The normalized spacial score (nSPS) is 10.8. The average Bonchev–Trinajstić information content (AvgIpc) is 2.73. The number of anilines is 3. The molecule has 166 valence electrons. The minimum Gasteiger partial charge on any atom is -0.382 e. The zero-order chi connectivity index (χ0) is 23.7. The molecule has 0 saturated carbocycles. The van der Waals surface area contributed by atoms with Crippen molar-refractivity contribution in [2.24, 2.45) is 0 Å². The number of halogens is 2. The van der Waals surface area contributed by atoms with Crippen LogP contribution in [0.25, 0.3) is 16.6 Å². The monoisotopic (exact) mass is 447 g/mol. The van der Waals surface area contributed by atoms with Gasteiger partial charge < -0.3 is 16.8 Å². The van der Waals surface area contributed by atoms with Gasteiger partial charge in [-0.3, -0.25) is 9.20 Å². The number of aryl methyl sites for hydroxylation is 1. The number of aromatic nitrogens is 3. The quantitative estimate of drug-likeness (QED) is 0.428. The first-order valence-electron chi connectivity index (χ1n) is 9.95. The Morgan fingerprint density at radius 2 is 1.91 bits per heavy atom. The number of hydrogen-bond donors (Lipinski definition) is 3. The Balaban J connectivity index is 1.78. The first-order valence-corrected chi connectivity index (χ1v) is 9.95. The molecule has 33 heavy (non-hydrogen) atoms. The lowest BCUT2D eigenvalue weighted by Crippen LogP contribution is -2.20. The van der Waals surface area contributed by atoms with Crippen LogP contribution in [-0.2, 0) is 6.42 Å². The van der Waals surface area contributed by atoms with Crippen LogP contribution in [0.5, 0.6) is 0 Å². The predicted molar refractivity (Wildman–Crippen MR) is 122 cm³/mol. The summed E-state index contributed by atoms with van der Waals surface area (Å²) in [4.78, 5) is 21.1. The van der Waals surface area contributed by atoms with E-state index in [1.54, 1.807) is 19.1 Å². The zero-order valence-electron chi connectivity index (χ0n) is 17.6. The Morgan fingerprint density at radius 1 is 1.12 bits per heavy atom. The van der Waals surface area contributed by atoms with Gasteiger partial charge in [-0.05, 0) is 60.4 Å². The van der Waals surface area contributed by atoms with Gasteiger partial charge in [0.1, 0.15) is 29.1 Å². The van der Waals surface area contributed by atoms with Crippen LogP contribution in [0.3, 0.4) is 0 Å². The lowest BCUT2D eigenvalue weighted by Gasteiger charge is -2.14. The Hall–Kier alpha value is -4.52. The predicted octanol–water partition coefficient (Wildman–Crippen LogP) is 3.03. The second kappa shape index (κ2) is 8.55. The minimum absolute atomic E-state index is 0.0469. The highest BCUT2D eigenvalue weighted by Gasteiger charge is 2.16. The molecule has 4 aromatic rings.